The molecule has 1 rings (SSSR count). The van der Waals surface area contributed by atoms with E-state index in [1.54, 1.807) is 24.3 Å². The Bertz CT molecular complexity index is 409. The minimum absolute atomic E-state index is 0.0661. The summed E-state index contributed by atoms with van der Waals surface area (Å²) in [7, 11) is 1.53. The van der Waals surface area contributed by atoms with Gasteiger partial charge in [0.1, 0.15) is 11.6 Å². The summed E-state index contributed by atoms with van der Waals surface area (Å²) in [4.78, 5) is 22.0. The quantitative estimate of drug-likeness (QED) is 0.772. The van der Waals surface area contributed by atoms with E-state index in [1.165, 1.54) is 7.05 Å². The third kappa shape index (κ3) is 4.74. The Balaban J connectivity index is 2.59. The number of amides is 2. The Morgan fingerprint density at radius 3 is 2.76 bits per heavy atom. The van der Waals surface area contributed by atoms with Gasteiger partial charge in [-0.05, 0) is 12.1 Å². The predicted molar refractivity (Wildman–Crippen MR) is 65.4 cm³/mol. The van der Waals surface area contributed by atoms with Crippen LogP contribution in [-0.4, -0.2) is 31.3 Å². The highest BCUT2D eigenvalue weighted by atomic mass is 35.5. The summed E-state index contributed by atoms with van der Waals surface area (Å²) in [5.74, 6) is -0.125. The lowest BCUT2D eigenvalue weighted by Gasteiger charge is -2.07. The van der Waals surface area contributed by atoms with E-state index in [-0.39, 0.29) is 24.3 Å². The highest BCUT2D eigenvalue weighted by molar-refractivity contribution is 6.29. The third-order valence-electron chi connectivity index (χ3n) is 1.89. The van der Waals surface area contributed by atoms with Crippen molar-refractivity contribution >= 4 is 29.1 Å². The lowest BCUT2D eigenvalue weighted by Crippen LogP contribution is -2.24. The molecule has 0 spiro atoms. The topological polar surface area (TPSA) is 67.4 Å². The molecule has 0 bridgehead atoms. The molecule has 0 radical (unpaired) electrons. The van der Waals surface area contributed by atoms with Crippen LogP contribution in [0.3, 0.4) is 0 Å². The average Bonchev–Trinajstić information content (AvgIpc) is 2.36. The second-order valence-electron chi connectivity index (χ2n) is 3.17. The third-order valence-corrected chi connectivity index (χ3v) is 2.13. The number of halogens is 1. The Morgan fingerprint density at radius 2 is 2.12 bits per heavy atom. The van der Waals surface area contributed by atoms with Crippen LogP contribution < -0.4 is 15.4 Å². The smallest absolute Gasteiger partial charge is 0.257 e. The minimum Gasteiger partial charge on any atom is -0.484 e. The zero-order valence-corrected chi connectivity index (χ0v) is 10.1. The van der Waals surface area contributed by atoms with E-state index in [2.05, 4.69) is 10.6 Å². The van der Waals surface area contributed by atoms with Gasteiger partial charge < -0.3 is 15.4 Å². The minimum atomic E-state index is -0.296. The summed E-state index contributed by atoms with van der Waals surface area (Å²) < 4.78 is 5.22. The fourth-order valence-corrected chi connectivity index (χ4v) is 1.15. The first-order valence-electron chi connectivity index (χ1n) is 4.95. The fraction of sp³-hybridized carbons (Fsp3) is 0.273. The number of rotatable bonds is 5. The van der Waals surface area contributed by atoms with E-state index < -0.39 is 0 Å². The van der Waals surface area contributed by atoms with Crippen molar-refractivity contribution in [3.8, 4) is 5.75 Å². The molecule has 5 nitrogen and oxygen atoms in total. The standard InChI is InChI=1S/C11H13ClN2O3/c1-13-11(16)7-17-9-4-2-3-8(5-9)14-10(15)6-12/h2-5H,6-7H2,1H3,(H,13,16)(H,14,15). The number of likely N-dealkylation sites (N-methyl/N-ethyl adjacent to an activating group) is 1. The molecule has 1 aromatic rings. The van der Waals surface area contributed by atoms with E-state index in [1.807, 2.05) is 0 Å². The molecule has 0 aliphatic carbocycles. The van der Waals surface area contributed by atoms with Crippen molar-refractivity contribution in [2.24, 2.45) is 0 Å². The summed E-state index contributed by atoms with van der Waals surface area (Å²) in [6, 6.07) is 6.73. The molecule has 6 heteroatoms. The second kappa shape index (κ2) is 6.75. The van der Waals surface area contributed by atoms with Gasteiger partial charge >= 0.3 is 0 Å². The molecule has 0 aliphatic rings. The highest BCUT2D eigenvalue weighted by Crippen LogP contribution is 2.17. The van der Waals surface area contributed by atoms with Crippen LogP contribution >= 0.6 is 11.6 Å². The molecule has 0 atom stereocenters. The Labute approximate surface area is 104 Å². The molecule has 2 amide bonds. The normalized spacial score (nSPS) is 9.53. The van der Waals surface area contributed by atoms with Crippen molar-refractivity contribution in [1.82, 2.24) is 5.32 Å². The lowest BCUT2D eigenvalue weighted by atomic mass is 10.3. The summed E-state index contributed by atoms with van der Waals surface area (Å²) in [6.07, 6.45) is 0. The van der Waals surface area contributed by atoms with Crippen LogP contribution in [0.5, 0.6) is 5.75 Å². The van der Waals surface area contributed by atoms with Crippen LogP contribution in [0.4, 0.5) is 5.69 Å². The molecule has 92 valence electrons. The number of alkyl halides is 1. The zero-order chi connectivity index (χ0) is 12.7. The number of carbonyl (C=O) groups is 2. The van der Waals surface area contributed by atoms with Crippen molar-refractivity contribution in [3.63, 3.8) is 0 Å². The molecule has 0 heterocycles. The van der Waals surface area contributed by atoms with Gasteiger partial charge in [0.25, 0.3) is 5.91 Å². The maximum Gasteiger partial charge on any atom is 0.257 e. The van der Waals surface area contributed by atoms with Crippen molar-refractivity contribution in [3.05, 3.63) is 24.3 Å². The number of hydrogen-bond donors (Lipinski definition) is 2. The molecule has 0 saturated carbocycles. The van der Waals surface area contributed by atoms with Crippen molar-refractivity contribution in [2.45, 2.75) is 0 Å². The van der Waals surface area contributed by atoms with Gasteiger partial charge in [0.05, 0.1) is 0 Å². The maximum absolute atomic E-state index is 11.1. The molecule has 0 aliphatic heterocycles. The van der Waals surface area contributed by atoms with Crippen LogP contribution in [0.2, 0.25) is 0 Å². The molecule has 2 N–H and O–H groups in total. The highest BCUT2D eigenvalue weighted by Gasteiger charge is 2.03. The number of carbonyl (C=O) groups excluding carboxylic acids is 2. The maximum atomic E-state index is 11.1. The van der Waals surface area contributed by atoms with E-state index >= 15 is 0 Å². The van der Waals surface area contributed by atoms with Crippen molar-refractivity contribution in [2.75, 3.05) is 24.9 Å². The summed E-state index contributed by atoms with van der Waals surface area (Å²) >= 11 is 5.37. The van der Waals surface area contributed by atoms with Crippen molar-refractivity contribution in [1.29, 1.82) is 0 Å². The Hall–Kier alpha value is -1.75. The average molecular weight is 257 g/mol. The first-order valence-corrected chi connectivity index (χ1v) is 5.48. The van der Waals surface area contributed by atoms with Crippen LogP contribution in [0.25, 0.3) is 0 Å². The van der Waals surface area contributed by atoms with Crippen molar-refractivity contribution < 1.29 is 14.3 Å². The van der Waals surface area contributed by atoms with Crippen LogP contribution in [0.1, 0.15) is 0 Å². The summed E-state index contributed by atoms with van der Waals surface area (Å²) in [5.41, 5.74) is 0.574. The lowest BCUT2D eigenvalue weighted by molar-refractivity contribution is -0.122. The molecular formula is C11H13ClN2O3. The molecule has 0 unspecified atom stereocenters. The summed E-state index contributed by atoms with van der Waals surface area (Å²) in [6.45, 7) is -0.0661. The zero-order valence-electron chi connectivity index (χ0n) is 9.33. The van der Waals surface area contributed by atoms with Gasteiger partial charge in [0, 0.05) is 18.8 Å². The van der Waals surface area contributed by atoms with E-state index in [9.17, 15) is 9.59 Å². The molecular weight excluding hydrogens is 244 g/mol. The number of nitrogens with one attached hydrogen (secondary N) is 2. The number of hydrogen-bond acceptors (Lipinski definition) is 3. The van der Waals surface area contributed by atoms with Gasteiger partial charge in [-0.1, -0.05) is 6.07 Å². The summed E-state index contributed by atoms with van der Waals surface area (Å²) in [5, 5.41) is 5.02. The monoisotopic (exact) mass is 256 g/mol. The van der Waals surface area contributed by atoms with Crippen LogP contribution in [0, 0.1) is 0 Å². The largest absolute Gasteiger partial charge is 0.484 e. The van der Waals surface area contributed by atoms with Gasteiger partial charge in [-0.3, -0.25) is 9.59 Å². The van der Waals surface area contributed by atoms with Gasteiger partial charge in [-0.15, -0.1) is 11.6 Å². The first-order chi connectivity index (χ1) is 8.15. The van der Waals surface area contributed by atoms with Gasteiger partial charge in [-0.2, -0.15) is 0 Å². The SMILES string of the molecule is CNC(=O)COc1cccc(NC(=O)CCl)c1. The van der Waals surface area contributed by atoms with E-state index in [4.69, 9.17) is 16.3 Å². The van der Waals surface area contributed by atoms with Gasteiger partial charge in [0.15, 0.2) is 6.61 Å². The van der Waals surface area contributed by atoms with E-state index in [0.29, 0.717) is 11.4 Å². The number of anilines is 1. The molecule has 0 aromatic heterocycles. The van der Waals surface area contributed by atoms with E-state index in [0.717, 1.165) is 0 Å². The Morgan fingerprint density at radius 1 is 1.35 bits per heavy atom. The fourth-order valence-electron chi connectivity index (χ4n) is 1.08. The first kappa shape index (κ1) is 13.3. The molecule has 0 saturated heterocycles. The number of ether oxygens (including phenoxy) is 1. The molecule has 1 aromatic carbocycles. The van der Waals surface area contributed by atoms with Crippen LogP contribution in [0.15, 0.2) is 24.3 Å². The molecule has 17 heavy (non-hydrogen) atoms. The molecule has 0 fully saturated rings. The second-order valence-corrected chi connectivity index (χ2v) is 3.44. The van der Waals surface area contributed by atoms with Crippen LogP contribution in [-0.2, 0) is 9.59 Å². The van der Waals surface area contributed by atoms with Gasteiger partial charge in [-0.25, -0.2) is 0 Å². The van der Waals surface area contributed by atoms with Gasteiger partial charge in [0.2, 0.25) is 5.91 Å². The predicted octanol–water partition coefficient (Wildman–Crippen LogP) is 0.989. The Kier molecular flexibility index (Phi) is 5.29. The number of benzene rings is 1.